The van der Waals surface area contributed by atoms with Crippen LogP contribution in [0.4, 0.5) is 0 Å². The maximum absolute atomic E-state index is 11.6. The number of hydrogen-bond acceptors (Lipinski definition) is 3. The van der Waals surface area contributed by atoms with Crippen LogP contribution in [0, 0.1) is 5.92 Å². The molecule has 17 heavy (non-hydrogen) atoms. The standard InChI is InChI=1S/C12H22N2O3/c1-3-6-12(2,11(16)17)14-10(15)8-13-7-9-4-5-9/h9,13H,3-8H2,1-2H3,(H,14,15)(H,16,17). The van der Waals surface area contributed by atoms with E-state index >= 15 is 0 Å². The van der Waals surface area contributed by atoms with Gasteiger partial charge in [0.2, 0.25) is 5.91 Å². The van der Waals surface area contributed by atoms with Crippen LogP contribution >= 0.6 is 0 Å². The van der Waals surface area contributed by atoms with E-state index in [4.69, 9.17) is 5.11 Å². The van der Waals surface area contributed by atoms with Crippen LogP contribution in [0.25, 0.3) is 0 Å². The quantitative estimate of drug-likeness (QED) is 0.587. The number of aliphatic carboxylic acids is 1. The van der Waals surface area contributed by atoms with Gasteiger partial charge < -0.3 is 15.7 Å². The maximum atomic E-state index is 11.6. The summed E-state index contributed by atoms with van der Waals surface area (Å²) in [4.78, 5) is 22.7. The maximum Gasteiger partial charge on any atom is 0.329 e. The van der Waals surface area contributed by atoms with Crippen molar-refractivity contribution in [1.29, 1.82) is 0 Å². The Kier molecular flexibility index (Phi) is 4.93. The average molecular weight is 242 g/mol. The smallest absolute Gasteiger partial charge is 0.329 e. The van der Waals surface area contributed by atoms with Crippen molar-refractivity contribution >= 4 is 11.9 Å². The third-order valence-electron chi connectivity index (χ3n) is 3.05. The topological polar surface area (TPSA) is 78.4 Å². The van der Waals surface area contributed by atoms with Crippen LogP contribution in [0.5, 0.6) is 0 Å². The molecule has 0 heterocycles. The molecule has 1 unspecified atom stereocenters. The lowest BCUT2D eigenvalue weighted by molar-refractivity contribution is -0.147. The van der Waals surface area contributed by atoms with Crippen molar-refractivity contribution in [3.63, 3.8) is 0 Å². The van der Waals surface area contributed by atoms with Gasteiger partial charge >= 0.3 is 5.97 Å². The van der Waals surface area contributed by atoms with Crippen LogP contribution in [-0.2, 0) is 9.59 Å². The normalized spacial score (nSPS) is 18.5. The molecule has 1 atom stereocenters. The molecule has 1 fully saturated rings. The highest BCUT2D eigenvalue weighted by atomic mass is 16.4. The fourth-order valence-corrected chi connectivity index (χ4v) is 1.79. The first-order valence-corrected chi connectivity index (χ1v) is 6.23. The number of nitrogens with one attached hydrogen (secondary N) is 2. The van der Waals surface area contributed by atoms with Gasteiger partial charge in [0.1, 0.15) is 5.54 Å². The summed E-state index contributed by atoms with van der Waals surface area (Å²) in [5, 5.41) is 14.7. The first-order valence-electron chi connectivity index (χ1n) is 6.23. The van der Waals surface area contributed by atoms with Crippen LogP contribution in [0.1, 0.15) is 39.5 Å². The fraction of sp³-hybridized carbons (Fsp3) is 0.833. The minimum atomic E-state index is -1.15. The van der Waals surface area contributed by atoms with Gasteiger partial charge in [0.15, 0.2) is 0 Å². The minimum absolute atomic E-state index is 0.198. The Morgan fingerprint density at radius 3 is 2.53 bits per heavy atom. The van der Waals surface area contributed by atoms with Gasteiger partial charge in [-0.2, -0.15) is 0 Å². The van der Waals surface area contributed by atoms with Crippen molar-refractivity contribution in [1.82, 2.24) is 10.6 Å². The molecule has 1 aliphatic rings. The summed E-state index contributed by atoms with van der Waals surface area (Å²) < 4.78 is 0. The van der Waals surface area contributed by atoms with Gasteiger partial charge in [-0.1, -0.05) is 13.3 Å². The van der Waals surface area contributed by atoms with Gasteiger partial charge in [-0.3, -0.25) is 4.79 Å². The van der Waals surface area contributed by atoms with E-state index < -0.39 is 11.5 Å². The zero-order chi connectivity index (χ0) is 12.9. The number of carboxylic acid groups (broad SMARTS) is 1. The van der Waals surface area contributed by atoms with Gasteiger partial charge in [0.05, 0.1) is 6.54 Å². The lowest BCUT2D eigenvalue weighted by Gasteiger charge is -2.25. The predicted molar refractivity (Wildman–Crippen MR) is 64.7 cm³/mol. The zero-order valence-electron chi connectivity index (χ0n) is 10.6. The molecule has 0 aromatic carbocycles. The van der Waals surface area contributed by atoms with E-state index in [2.05, 4.69) is 10.6 Å². The summed E-state index contributed by atoms with van der Waals surface area (Å²) in [7, 11) is 0. The number of carbonyl (C=O) groups is 2. The van der Waals surface area contributed by atoms with Gasteiger partial charge in [0.25, 0.3) is 0 Å². The molecule has 1 rings (SSSR count). The Labute approximate surface area is 102 Å². The first kappa shape index (κ1) is 14.0. The van der Waals surface area contributed by atoms with Gasteiger partial charge in [-0.25, -0.2) is 4.79 Å². The molecule has 5 heteroatoms. The number of rotatable bonds is 8. The first-order chi connectivity index (χ1) is 7.98. The minimum Gasteiger partial charge on any atom is -0.480 e. The molecule has 0 bridgehead atoms. The summed E-state index contributed by atoms with van der Waals surface area (Å²) in [6.45, 7) is 4.50. The second-order valence-electron chi connectivity index (χ2n) is 5.01. The molecule has 0 saturated heterocycles. The molecule has 0 aliphatic heterocycles. The largest absolute Gasteiger partial charge is 0.480 e. The lowest BCUT2D eigenvalue weighted by Crippen LogP contribution is -2.54. The highest BCUT2D eigenvalue weighted by molar-refractivity contribution is 5.87. The molecule has 1 aliphatic carbocycles. The number of hydrogen-bond donors (Lipinski definition) is 3. The third-order valence-corrected chi connectivity index (χ3v) is 3.05. The molecular formula is C12H22N2O3. The fourth-order valence-electron chi connectivity index (χ4n) is 1.79. The molecule has 1 amide bonds. The molecule has 0 radical (unpaired) electrons. The molecule has 3 N–H and O–H groups in total. The van der Waals surface area contributed by atoms with E-state index in [0.717, 1.165) is 13.0 Å². The summed E-state index contributed by atoms with van der Waals surface area (Å²) >= 11 is 0. The van der Waals surface area contributed by atoms with Crippen LogP contribution < -0.4 is 10.6 Å². The Balaban J connectivity index is 2.31. The molecule has 0 aromatic rings. The second kappa shape index (κ2) is 6.00. The molecular weight excluding hydrogens is 220 g/mol. The molecule has 1 saturated carbocycles. The van der Waals surface area contributed by atoms with Gasteiger partial charge in [-0.15, -0.1) is 0 Å². The van der Waals surface area contributed by atoms with Crippen molar-refractivity contribution in [3.8, 4) is 0 Å². The molecule has 5 nitrogen and oxygen atoms in total. The summed E-state index contributed by atoms with van der Waals surface area (Å²) in [6.07, 6.45) is 3.63. The highest BCUT2D eigenvalue weighted by Gasteiger charge is 2.33. The van der Waals surface area contributed by atoms with E-state index in [1.54, 1.807) is 6.92 Å². The van der Waals surface area contributed by atoms with Crippen molar-refractivity contribution in [2.24, 2.45) is 5.92 Å². The Bertz CT molecular complexity index is 289. The van der Waals surface area contributed by atoms with E-state index in [9.17, 15) is 9.59 Å². The molecule has 0 aromatic heterocycles. The predicted octanol–water partition coefficient (Wildman–Crippen LogP) is 0.746. The van der Waals surface area contributed by atoms with Crippen LogP contribution in [0.2, 0.25) is 0 Å². The second-order valence-corrected chi connectivity index (χ2v) is 5.01. The molecule has 0 spiro atoms. The van der Waals surface area contributed by atoms with E-state index in [0.29, 0.717) is 12.3 Å². The Morgan fingerprint density at radius 1 is 1.41 bits per heavy atom. The van der Waals surface area contributed by atoms with E-state index in [-0.39, 0.29) is 12.5 Å². The Morgan fingerprint density at radius 2 is 2.06 bits per heavy atom. The van der Waals surface area contributed by atoms with E-state index in [1.165, 1.54) is 12.8 Å². The van der Waals surface area contributed by atoms with Crippen LogP contribution in [0.15, 0.2) is 0 Å². The lowest BCUT2D eigenvalue weighted by atomic mass is 9.96. The monoisotopic (exact) mass is 242 g/mol. The average Bonchev–Trinajstić information content (AvgIpc) is 3.01. The SMILES string of the molecule is CCCC(C)(NC(=O)CNCC1CC1)C(=O)O. The number of carboxylic acids is 1. The van der Waals surface area contributed by atoms with Crippen molar-refractivity contribution in [2.75, 3.05) is 13.1 Å². The molecule has 98 valence electrons. The van der Waals surface area contributed by atoms with Crippen LogP contribution in [0.3, 0.4) is 0 Å². The van der Waals surface area contributed by atoms with Gasteiger partial charge in [0, 0.05) is 0 Å². The van der Waals surface area contributed by atoms with Gasteiger partial charge in [-0.05, 0) is 38.6 Å². The summed E-state index contributed by atoms with van der Waals surface area (Å²) in [6, 6.07) is 0. The van der Waals surface area contributed by atoms with E-state index in [1.807, 2.05) is 6.92 Å². The number of carbonyl (C=O) groups excluding carboxylic acids is 1. The van der Waals surface area contributed by atoms with Crippen molar-refractivity contribution in [2.45, 2.75) is 45.1 Å². The zero-order valence-corrected chi connectivity index (χ0v) is 10.6. The Hall–Kier alpha value is -1.10. The highest BCUT2D eigenvalue weighted by Crippen LogP contribution is 2.27. The van der Waals surface area contributed by atoms with Crippen molar-refractivity contribution < 1.29 is 14.7 Å². The summed E-state index contributed by atoms with van der Waals surface area (Å²) in [5.41, 5.74) is -1.15. The van der Waals surface area contributed by atoms with Crippen molar-refractivity contribution in [3.05, 3.63) is 0 Å². The summed E-state index contributed by atoms with van der Waals surface area (Å²) in [5.74, 6) is -0.511. The number of amides is 1. The third kappa shape index (κ3) is 4.73. The van der Waals surface area contributed by atoms with Crippen LogP contribution in [-0.4, -0.2) is 35.6 Å².